The molecule has 0 fully saturated rings. The van der Waals surface area contributed by atoms with Crippen LogP contribution in [-0.4, -0.2) is 16.4 Å². The highest BCUT2D eigenvalue weighted by molar-refractivity contribution is 5.29. The minimum atomic E-state index is 0.297. The van der Waals surface area contributed by atoms with Crippen LogP contribution in [0.3, 0.4) is 0 Å². The van der Waals surface area contributed by atoms with Crippen molar-refractivity contribution in [1.29, 1.82) is 0 Å². The van der Waals surface area contributed by atoms with Crippen LogP contribution >= 0.6 is 0 Å². The molecule has 0 amide bonds. The van der Waals surface area contributed by atoms with Crippen LogP contribution in [0.5, 0.6) is 5.75 Å². The topological polar surface area (TPSA) is 39.1 Å². The van der Waals surface area contributed by atoms with Crippen molar-refractivity contribution in [2.24, 2.45) is 7.05 Å². The van der Waals surface area contributed by atoms with E-state index in [-0.39, 0.29) is 0 Å². The van der Waals surface area contributed by atoms with E-state index >= 15 is 0 Å². The summed E-state index contributed by atoms with van der Waals surface area (Å²) in [6, 6.07) is 8.56. The Morgan fingerprint density at radius 1 is 1.30 bits per heavy atom. The first-order valence-corrected chi connectivity index (χ1v) is 7.05. The Balaban J connectivity index is 1.94. The van der Waals surface area contributed by atoms with Crippen LogP contribution in [0, 0.1) is 6.92 Å². The fourth-order valence-corrected chi connectivity index (χ4v) is 2.12. The molecule has 0 bridgehead atoms. The molecule has 1 heterocycles. The van der Waals surface area contributed by atoms with E-state index in [1.54, 1.807) is 0 Å². The van der Waals surface area contributed by atoms with Crippen molar-refractivity contribution in [2.75, 3.05) is 6.61 Å². The lowest BCUT2D eigenvalue weighted by molar-refractivity contribution is 0.340. The van der Waals surface area contributed by atoms with E-state index in [9.17, 15) is 0 Å². The lowest BCUT2D eigenvalue weighted by Gasteiger charge is -2.14. The largest absolute Gasteiger partial charge is 0.494 e. The number of hydrogen-bond acceptors (Lipinski definition) is 3. The molecule has 1 atom stereocenters. The third-order valence-corrected chi connectivity index (χ3v) is 3.63. The van der Waals surface area contributed by atoms with Crippen LogP contribution in [0.1, 0.15) is 36.7 Å². The molecule has 0 saturated carbocycles. The van der Waals surface area contributed by atoms with Gasteiger partial charge in [-0.15, -0.1) is 0 Å². The maximum atomic E-state index is 5.46. The van der Waals surface area contributed by atoms with Crippen molar-refractivity contribution in [1.82, 2.24) is 15.1 Å². The minimum Gasteiger partial charge on any atom is -0.494 e. The molecule has 1 aromatic heterocycles. The first-order chi connectivity index (χ1) is 9.61. The molecule has 4 nitrogen and oxygen atoms in total. The Morgan fingerprint density at radius 2 is 2.00 bits per heavy atom. The lowest BCUT2D eigenvalue weighted by Crippen LogP contribution is -2.18. The van der Waals surface area contributed by atoms with Crippen LogP contribution in [0.2, 0.25) is 0 Å². The normalized spacial score (nSPS) is 12.4. The molecule has 20 heavy (non-hydrogen) atoms. The van der Waals surface area contributed by atoms with Crippen molar-refractivity contribution < 1.29 is 4.74 Å². The molecule has 2 aromatic rings. The van der Waals surface area contributed by atoms with E-state index in [2.05, 4.69) is 36.4 Å². The second-order valence-electron chi connectivity index (χ2n) is 4.98. The van der Waals surface area contributed by atoms with Gasteiger partial charge in [-0.2, -0.15) is 5.10 Å². The van der Waals surface area contributed by atoms with Gasteiger partial charge in [-0.1, -0.05) is 12.1 Å². The number of rotatable bonds is 6. The summed E-state index contributed by atoms with van der Waals surface area (Å²) in [6.45, 7) is 7.78. The van der Waals surface area contributed by atoms with E-state index in [4.69, 9.17) is 4.74 Å². The van der Waals surface area contributed by atoms with E-state index in [0.717, 1.165) is 12.3 Å². The maximum absolute atomic E-state index is 5.46. The lowest BCUT2D eigenvalue weighted by atomic mass is 10.1. The zero-order chi connectivity index (χ0) is 14.5. The summed E-state index contributed by atoms with van der Waals surface area (Å²) in [6.07, 6.45) is 1.92. The smallest absolute Gasteiger partial charge is 0.119 e. The second-order valence-corrected chi connectivity index (χ2v) is 4.98. The SMILES string of the molecule is CCOc1ccc(C(C)NCc2cnn(C)c2C)cc1. The molecule has 0 radical (unpaired) electrons. The molecule has 0 aliphatic carbocycles. The fraction of sp³-hybridized carbons (Fsp3) is 0.438. The summed E-state index contributed by atoms with van der Waals surface area (Å²) >= 11 is 0. The van der Waals surface area contributed by atoms with Gasteiger partial charge in [-0.3, -0.25) is 4.68 Å². The van der Waals surface area contributed by atoms with Gasteiger partial charge in [0.2, 0.25) is 0 Å². The van der Waals surface area contributed by atoms with Gasteiger partial charge in [-0.05, 0) is 38.5 Å². The molecule has 0 spiro atoms. The Morgan fingerprint density at radius 3 is 2.55 bits per heavy atom. The molecule has 108 valence electrons. The average Bonchev–Trinajstić information content (AvgIpc) is 2.77. The van der Waals surface area contributed by atoms with Crippen molar-refractivity contribution >= 4 is 0 Å². The summed E-state index contributed by atoms with van der Waals surface area (Å²) in [4.78, 5) is 0. The van der Waals surface area contributed by atoms with E-state index < -0.39 is 0 Å². The second kappa shape index (κ2) is 6.57. The zero-order valence-corrected chi connectivity index (χ0v) is 12.7. The van der Waals surface area contributed by atoms with Gasteiger partial charge in [-0.25, -0.2) is 0 Å². The van der Waals surface area contributed by atoms with Crippen LogP contribution in [0.4, 0.5) is 0 Å². The number of ether oxygens (including phenoxy) is 1. The zero-order valence-electron chi connectivity index (χ0n) is 12.7. The summed E-state index contributed by atoms with van der Waals surface area (Å²) in [5.41, 5.74) is 3.71. The number of aryl methyl sites for hydroxylation is 1. The number of nitrogens with one attached hydrogen (secondary N) is 1. The molecule has 4 heteroatoms. The van der Waals surface area contributed by atoms with Crippen LogP contribution in [0.25, 0.3) is 0 Å². The fourth-order valence-electron chi connectivity index (χ4n) is 2.12. The summed E-state index contributed by atoms with van der Waals surface area (Å²) in [5, 5.41) is 7.79. The molecule has 2 rings (SSSR count). The molecular weight excluding hydrogens is 250 g/mol. The number of benzene rings is 1. The van der Waals surface area contributed by atoms with Crippen molar-refractivity contribution in [3.05, 3.63) is 47.3 Å². The highest BCUT2D eigenvalue weighted by Gasteiger charge is 2.08. The van der Waals surface area contributed by atoms with E-state index in [0.29, 0.717) is 12.6 Å². The quantitative estimate of drug-likeness (QED) is 0.879. The first kappa shape index (κ1) is 14.6. The van der Waals surface area contributed by atoms with Gasteiger partial charge in [0, 0.05) is 30.9 Å². The number of nitrogens with zero attached hydrogens (tertiary/aromatic N) is 2. The van der Waals surface area contributed by atoms with Gasteiger partial charge in [0.05, 0.1) is 12.8 Å². The molecule has 1 unspecified atom stereocenters. The number of hydrogen-bond donors (Lipinski definition) is 1. The molecule has 0 aliphatic heterocycles. The molecule has 0 saturated heterocycles. The third-order valence-electron chi connectivity index (χ3n) is 3.63. The maximum Gasteiger partial charge on any atom is 0.119 e. The van der Waals surface area contributed by atoms with Crippen LogP contribution in [-0.2, 0) is 13.6 Å². The van der Waals surface area contributed by atoms with Crippen LogP contribution < -0.4 is 10.1 Å². The highest BCUT2D eigenvalue weighted by Crippen LogP contribution is 2.18. The third kappa shape index (κ3) is 3.39. The predicted molar refractivity (Wildman–Crippen MR) is 80.8 cm³/mol. The summed E-state index contributed by atoms with van der Waals surface area (Å²) in [5.74, 6) is 0.923. The van der Waals surface area contributed by atoms with Gasteiger partial charge < -0.3 is 10.1 Å². The van der Waals surface area contributed by atoms with Gasteiger partial charge in [0.15, 0.2) is 0 Å². The summed E-state index contributed by atoms with van der Waals surface area (Å²) in [7, 11) is 1.97. The average molecular weight is 273 g/mol. The van der Waals surface area contributed by atoms with Gasteiger partial charge >= 0.3 is 0 Å². The highest BCUT2D eigenvalue weighted by atomic mass is 16.5. The molecule has 0 aliphatic rings. The minimum absolute atomic E-state index is 0.297. The van der Waals surface area contributed by atoms with Gasteiger partial charge in [0.25, 0.3) is 0 Å². The molecular formula is C16H23N3O. The van der Waals surface area contributed by atoms with E-state index in [1.165, 1.54) is 16.8 Å². The standard InChI is InChI=1S/C16H23N3O/c1-5-20-16-8-6-14(7-9-16)12(2)17-10-15-11-18-19(4)13(15)3/h6-9,11-12,17H,5,10H2,1-4H3. The van der Waals surface area contributed by atoms with Crippen molar-refractivity contribution in [3.63, 3.8) is 0 Å². The molecule has 1 aromatic carbocycles. The number of aromatic nitrogens is 2. The van der Waals surface area contributed by atoms with Gasteiger partial charge in [0.1, 0.15) is 5.75 Å². The Labute approximate surface area is 120 Å². The van der Waals surface area contributed by atoms with Crippen molar-refractivity contribution in [2.45, 2.75) is 33.4 Å². The Bertz CT molecular complexity index is 545. The summed E-state index contributed by atoms with van der Waals surface area (Å²) < 4.78 is 7.36. The van der Waals surface area contributed by atoms with Crippen LogP contribution in [0.15, 0.2) is 30.5 Å². The molecule has 1 N–H and O–H groups in total. The van der Waals surface area contributed by atoms with E-state index in [1.807, 2.05) is 37.0 Å². The Kier molecular flexibility index (Phi) is 4.79. The Hall–Kier alpha value is -1.81. The monoisotopic (exact) mass is 273 g/mol. The predicted octanol–water partition coefficient (Wildman–Crippen LogP) is 2.98. The first-order valence-electron chi connectivity index (χ1n) is 7.05. The van der Waals surface area contributed by atoms with Crippen molar-refractivity contribution in [3.8, 4) is 5.75 Å².